The molecule has 0 saturated carbocycles. The molecule has 0 aliphatic heterocycles. The van der Waals surface area contributed by atoms with Crippen molar-refractivity contribution in [3.8, 4) is 23.5 Å². The Kier molecular flexibility index (Phi) is 6.22. The molecule has 0 aliphatic rings. The van der Waals surface area contributed by atoms with Gasteiger partial charge in [0.25, 0.3) is 0 Å². The van der Waals surface area contributed by atoms with Crippen LogP contribution >= 0.6 is 0 Å². The molecule has 0 saturated heterocycles. The minimum atomic E-state index is 0.637. The van der Waals surface area contributed by atoms with Crippen molar-refractivity contribution in [2.75, 3.05) is 0 Å². The zero-order valence-corrected chi connectivity index (χ0v) is 17.1. The van der Waals surface area contributed by atoms with Crippen LogP contribution in [0.3, 0.4) is 0 Å². The van der Waals surface area contributed by atoms with Crippen molar-refractivity contribution in [1.29, 1.82) is 0 Å². The normalized spacial score (nSPS) is 11.8. The largest absolute Gasteiger partial charge is 0.234 e. The molecule has 142 valence electrons. The molecule has 0 spiro atoms. The molecule has 3 rings (SSSR count). The van der Waals surface area contributed by atoms with E-state index >= 15 is 0 Å². The summed E-state index contributed by atoms with van der Waals surface area (Å²) in [6, 6.07) is 24.2. The van der Waals surface area contributed by atoms with Gasteiger partial charge in [-0.3, -0.25) is 0 Å². The highest BCUT2D eigenvalue weighted by Gasteiger charge is 2.14. The molecule has 3 aromatic rings. The van der Waals surface area contributed by atoms with Crippen LogP contribution in [-0.4, -0.2) is 11.5 Å². The van der Waals surface area contributed by atoms with E-state index in [1.165, 1.54) is 5.56 Å². The molecule has 29 heavy (non-hydrogen) atoms. The maximum atomic E-state index is 5.84. The van der Waals surface area contributed by atoms with E-state index in [0.29, 0.717) is 11.5 Å². The number of amidine groups is 1. The molecular formula is C27H24N2. The van der Waals surface area contributed by atoms with Gasteiger partial charge in [-0.25, -0.2) is 9.98 Å². The average Bonchev–Trinajstić information content (AvgIpc) is 2.73. The molecule has 3 aromatic carbocycles. The van der Waals surface area contributed by atoms with Gasteiger partial charge in [0.1, 0.15) is 0 Å². The van der Waals surface area contributed by atoms with Crippen LogP contribution in [0.15, 0.2) is 95.1 Å². The van der Waals surface area contributed by atoms with Gasteiger partial charge in [0.15, 0.2) is 5.84 Å². The van der Waals surface area contributed by atoms with Crippen molar-refractivity contribution in [3.05, 3.63) is 107 Å². The van der Waals surface area contributed by atoms with Gasteiger partial charge in [0, 0.05) is 33.7 Å². The topological polar surface area (TPSA) is 24.7 Å². The third-order valence-electron chi connectivity index (χ3n) is 4.63. The molecule has 0 N–H and O–H groups in total. The van der Waals surface area contributed by atoms with E-state index in [-0.39, 0.29) is 0 Å². The summed E-state index contributed by atoms with van der Waals surface area (Å²) in [5.41, 5.74) is 7.66. The second kappa shape index (κ2) is 8.99. The molecule has 0 heterocycles. The number of allylic oxidation sites excluding steroid dienone is 1. The van der Waals surface area contributed by atoms with Gasteiger partial charge < -0.3 is 0 Å². The summed E-state index contributed by atoms with van der Waals surface area (Å²) in [6.45, 7) is 9.88. The van der Waals surface area contributed by atoms with Crippen molar-refractivity contribution < 1.29 is 0 Å². The summed E-state index contributed by atoms with van der Waals surface area (Å²) in [5, 5.41) is 0. The minimum Gasteiger partial charge on any atom is -0.234 e. The number of hydrogen-bond acceptors (Lipinski definition) is 1. The third-order valence-corrected chi connectivity index (χ3v) is 4.63. The van der Waals surface area contributed by atoms with Crippen molar-refractivity contribution >= 4 is 11.5 Å². The first-order chi connectivity index (χ1) is 14.0. The number of aryl methyl sites for hydroxylation is 1. The fourth-order valence-corrected chi connectivity index (χ4v) is 3.26. The fourth-order valence-electron chi connectivity index (χ4n) is 3.26. The highest BCUT2D eigenvalue weighted by atomic mass is 14.9. The average molecular weight is 377 g/mol. The van der Waals surface area contributed by atoms with Gasteiger partial charge in [-0.2, -0.15) is 0 Å². The maximum Gasteiger partial charge on any atom is 0.159 e. The predicted molar refractivity (Wildman–Crippen MR) is 125 cm³/mol. The van der Waals surface area contributed by atoms with Crippen molar-refractivity contribution in [1.82, 2.24) is 0 Å². The molecule has 0 aliphatic carbocycles. The zero-order valence-electron chi connectivity index (χ0n) is 17.1. The molecular weight excluding hydrogens is 352 g/mol. The van der Waals surface area contributed by atoms with Crippen LogP contribution in [0.2, 0.25) is 0 Å². The molecule has 0 amide bonds. The first-order valence-electron chi connectivity index (χ1n) is 9.52. The summed E-state index contributed by atoms with van der Waals surface area (Å²) < 4.78 is 0. The molecule has 2 heteroatoms. The number of aliphatic imine (C=N–C) groups is 2. The summed E-state index contributed by atoms with van der Waals surface area (Å²) >= 11 is 0. The van der Waals surface area contributed by atoms with E-state index in [4.69, 9.17) is 11.4 Å². The van der Waals surface area contributed by atoms with Crippen LogP contribution in [0.5, 0.6) is 0 Å². The summed E-state index contributed by atoms with van der Waals surface area (Å²) in [6.07, 6.45) is 5.84. The fraction of sp³-hybridized carbons (Fsp3) is 0.111. The van der Waals surface area contributed by atoms with Gasteiger partial charge in [0.2, 0.25) is 0 Å². The molecule has 0 radical (unpaired) electrons. The smallest absolute Gasteiger partial charge is 0.159 e. The molecule has 0 unspecified atom stereocenters. The number of nitrogens with zero attached hydrogens (tertiary/aromatic N) is 2. The number of benzene rings is 3. The summed E-state index contributed by atoms with van der Waals surface area (Å²) in [4.78, 5) is 9.46. The van der Waals surface area contributed by atoms with E-state index in [1.807, 2.05) is 68.4 Å². The van der Waals surface area contributed by atoms with E-state index < -0.39 is 0 Å². The number of terminal acetylenes is 1. The lowest BCUT2D eigenvalue weighted by molar-refractivity contribution is 1.30. The molecule has 0 aromatic heterocycles. The van der Waals surface area contributed by atoms with Crippen LogP contribution in [0.1, 0.15) is 36.1 Å². The first kappa shape index (κ1) is 20.0. The van der Waals surface area contributed by atoms with Gasteiger partial charge in [-0.1, -0.05) is 79.2 Å². The van der Waals surface area contributed by atoms with Gasteiger partial charge in [-0.15, -0.1) is 6.42 Å². The second-order valence-corrected chi connectivity index (χ2v) is 6.92. The monoisotopic (exact) mass is 376 g/mol. The Labute approximate surface area is 173 Å². The van der Waals surface area contributed by atoms with Crippen LogP contribution in [0.4, 0.5) is 0 Å². The van der Waals surface area contributed by atoms with Crippen LogP contribution in [-0.2, 0) is 0 Å². The Balaban J connectivity index is 2.21. The lowest BCUT2D eigenvalue weighted by atomic mass is 9.90. The van der Waals surface area contributed by atoms with Gasteiger partial charge >= 0.3 is 0 Å². The highest BCUT2D eigenvalue weighted by molar-refractivity contribution is 6.14. The molecule has 0 fully saturated rings. The molecule has 2 nitrogen and oxygen atoms in total. The number of rotatable bonds is 4. The first-order valence-corrected chi connectivity index (χ1v) is 9.52. The lowest BCUT2D eigenvalue weighted by Gasteiger charge is -2.15. The Morgan fingerprint density at radius 2 is 1.55 bits per heavy atom. The van der Waals surface area contributed by atoms with E-state index in [0.717, 1.165) is 33.5 Å². The van der Waals surface area contributed by atoms with E-state index in [2.05, 4.69) is 42.6 Å². The SMILES string of the molecule is C#Cc1cccc(C(C)=NC(=NC(=C)C)c2ccccc2)c1-c1ccccc1C. The Morgan fingerprint density at radius 3 is 2.21 bits per heavy atom. The highest BCUT2D eigenvalue weighted by Crippen LogP contribution is 2.31. The van der Waals surface area contributed by atoms with Gasteiger partial charge in [-0.05, 0) is 38.0 Å². The van der Waals surface area contributed by atoms with Gasteiger partial charge in [0.05, 0.1) is 0 Å². The van der Waals surface area contributed by atoms with Crippen molar-refractivity contribution in [3.63, 3.8) is 0 Å². The molecule has 0 bridgehead atoms. The maximum absolute atomic E-state index is 5.84. The predicted octanol–water partition coefficient (Wildman–Crippen LogP) is 6.43. The zero-order chi connectivity index (χ0) is 20.8. The second-order valence-electron chi connectivity index (χ2n) is 6.92. The van der Waals surface area contributed by atoms with Crippen LogP contribution in [0.25, 0.3) is 11.1 Å². The van der Waals surface area contributed by atoms with Crippen molar-refractivity contribution in [2.45, 2.75) is 20.8 Å². The number of hydrogen-bond donors (Lipinski definition) is 0. The minimum absolute atomic E-state index is 0.637. The van der Waals surface area contributed by atoms with E-state index in [9.17, 15) is 0 Å². The van der Waals surface area contributed by atoms with Crippen LogP contribution < -0.4 is 0 Å². The standard InChI is InChI=1S/C27H24N2/c1-6-22-16-12-18-25(26(22)24-17-11-10-13-20(24)4)21(5)29-27(28-19(2)3)23-14-8-7-9-15-23/h1,7-18H,2H2,3-5H3. The van der Waals surface area contributed by atoms with Crippen LogP contribution in [0, 0.1) is 19.3 Å². The van der Waals surface area contributed by atoms with E-state index in [1.54, 1.807) is 0 Å². The summed E-state index contributed by atoms with van der Waals surface area (Å²) in [5.74, 6) is 3.47. The quantitative estimate of drug-likeness (QED) is 0.285. The lowest BCUT2D eigenvalue weighted by Crippen LogP contribution is -2.06. The Bertz CT molecular complexity index is 1140. The Morgan fingerprint density at radius 1 is 0.862 bits per heavy atom. The van der Waals surface area contributed by atoms with Crippen molar-refractivity contribution in [2.24, 2.45) is 9.98 Å². The third kappa shape index (κ3) is 4.59. The molecule has 0 atom stereocenters. The summed E-state index contributed by atoms with van der Waals surface area (Å²) in [7, 11) is 0. The Hall–Kier alpha value is -3.70.